The highest BCUT2D eigenvalue weighted by molar-refractivity contribution is 5.99. The van der Waals surface area contributed by atoms with E-state index in [1.807, 2.05) is 12.1 Å². The van der Waals surface area contributed by atoms with E-state index in [9.17, 15) is 22.8 Å². The van der Waals surface area contributed by atoms with Crippen LogP contribution in [-0.2, 0) is 22.2 Å². The number of hydrogen-bond acceptors (Lipinski definition) is 3. The summed E-state index contributed by atoms with van der Waals surface area (Å²) in [6, 6.07) is 8.21. The molecule has 0 radical (unpaired) electrons. The Labute approximate surface area is 160 Å². The van der Waals surface area contributed by atoms with E-state index in [-0.39, 0.29) is 11.6 Å². The van der Waals surface area contributed by atoms with Crippen LogP contribution in [0.3, 0.4) is 0 Å². The number of aromatic nitrogens is 1. The van der Waals surface area contributed by atoms with Crippen molar-refractivity contribution in [2.75, 3.05) is 18.9 Å². The predicted octanol–water partition coefficient (Wildman–Crippen LogP) is 3.38. The Balaban J connectivity index is 1.51. The van der Waals surface area contributed by atoms with Crippen LogP contribution in [-0.4, -0.2) is 35.3 Å². The standard InChI is InChI=1S/C20H20F3N3O2/c1-26(10-7-13-5-8-24-9-6-13)19(28)17-12-16(17)18(27)25-15-4-2-3-14(11-15)20(21,22)23/h2-6,8-9,11,16-17H,7,10,12H2,1H3,(H,25,27). The van der Waals surface area contributed by atoms with E-state index in [1.54, 1.807) is 24.3 Å². The Hall–Kier alpha value is -2.90. The third-order valence-electron chi connectivity index (χ3n) is 4.76. The van der Waals surface area contributed by atoms with E-state index in [0.29, 0.717) is 19.4 Å². The first-order valence-electron chi connectivity index (χ1n) is 8.87. The van der Waals surface area contributed by atoms with Gasteiger partial charge in [0.05, 0.1) is 17.4 Å². The molecule has 0 spiro atoms. The molecular formula is C20H20F3N3O2. The van der Waals surface area contributed by atoms with Gasteiger partial charge in [-0.1, -0.05) is 6.07 Å². The maximum atomic E-state index is 12.8. The number of nitrogens with zero attached hydrogens (tertiary/aromatic N) is 2. The summed E-state index contributed by atoms with van der Waals surface area (Å²) in [6.45, 7) is 0.515. The molecule has 0 aliphatic heterocycles. The number of anilines is 1. The lowest BCUT2D eigenvalue weighted by Gasteiger charge is -2.17. The monoisotopic (exact) mass is 391 g/mol. The molecular weight excluding hydrogens is 371 g/mol. The second-order valence-corrected chi connectivity index (χ2v) is 6.88. The molecule has 1 aliphatic carbocycles. The number of pyridine rings is 1. The van der Waals surface area contributed by atoms with Crippen LogP contribution < -0.4 is 5.32 Å². The zero-order valence-electron chi connectivity index (χ0n) is 15.2. The number of hydrogen-bond donors (Lipinski definition) is 1. The second-order valence-electron chi connectivity index (χ2n) is 6.88. The zero-order chi connectivity index (χ0) is 20.3. The normalized spacial score (nSPS) is 18.4. The van der Waals surface area contributed by atoms with Gasteiger partial charge in [0.1, 0.15) is 0 Å². The summed E-state index contributed by atoms with van der Waals surface area (Å²) in [6.07, 6.45) is -0.0173. The fourth-order valence-corrected chi connectivity index (χ4v) is 3.01. The van der Waals surface area contributed by atoms with Crippen molar-refractivity contribution in [2.45, 2.75) is 19.0 Å². The lowest BCUT2D eigenvalue weighted by atomic mass is 10.1. The van der Waals surface area contributed by atoms with Gasteiger partial charge in [0.15, 0.2) is 0 Å². The number of rotatable bonds is 6. The molecule has 3 rings (SSSR count). The number of benzene rings is 1. The Morgan fingerprint density at radius 2 is 1.89 bits per heavy atom. The fraction of sp³-hybridized carbons (Fsp3) is 0.350. The molecule has 5 nitrogen and oxygen atoms in total. The van der Waals surface area contributed by atoms with Crippen molar-refractivity contribution in [1.29, 1.82) is 0 Å². The molecule has 2 atom stereocenters. The van der Waals surface area contributed by atoms with Gasteiger partial charge in [-0.2, -0.15) is 13.2 Å². The molecule has 1 fully saturated rings. The largest absolute Gasteiger partial charge is 0.416 e. The molecule has 1 aromatic heterocycles. The predicted molar refractivity (Wildman–Crippen MR) is 97.2 cm³/mol. The van der Waals surface area contributed by atoms with Gasteiger partial charge in [0, 0.05) is 31.7 Å². The molecule has 0 saturated heterocycles. The van der Waals surface area contributed by atoms with Crippen LogP contribution in [0.1, 0.15) is 17.5 Å². The third kappa shape index (κ3) is 4.88. The number of likely N-dealkylation sites (N-methyl/N-ethyl adjacent to an activating group) is 1. The Bertz CT molecular complexity index is 855. The average Bonchev–Trinajstić information content (AvgIpc) is 3.47. The van der Waals surface area contributed by atoms with Crippen molar-refractivity contribution in [3.63, 3.8) is 0 Å². The first-order chi connectivity index (χ1) is 13.3. The Morgan fingerprint density at radius 3 is 2.57 bits per heavy atom. The average molecular weight is 391 g/mol. The van der Waals surface area contributed by atoms with Crippen molar-refractivity contribution in [3.8, 4) is 0 Å². The number of halogens is 3. The summed E-state index contributed by atoms with van der Waals surface area (Å²) in [5.74, 6) is -1.49. The maximum Gasteiger partial charge on any atom is 0.416 e. The molecule has 1 aromatic carbocycles. The molecule has 1 aliphatic rings. The Morgan fingerprint density at radius 1 is 1.18 bits per heavy atom. The number of alkyl halides is 3. The van der Waals surface area contributed by atoms with E-state index in [4.69, 9.17) is 0 Å². The van der Waals surface area contributed by atoms with Gasteiger partial charge in [-0.3, -0.25) is 14.6 Å². The van der Waals surface area contributed by atoms with Gasteiger partial charge in [-0.15, -0.1) is 0 Å². The molecule has 28 heavy (non-hydrogen) atoms. The second kappa shape index (κ2) is 8.00. The number of carbonyl (C=O) groups is 2. The van der Waals surface area contributed by atoms with Gasteiger partial charge in [-0.05, 0) is 48.7 Å². The van der Waals surface area contributed by atoms with E-state index in [2.05, 4.69) is 10.3 Å². The molecule has 1 heterocycles. The molecule has 2 aromatic rings. The van der Waals surface area contributed by atoms with Crippen molar-refractivity contribution in [3.05, 3.63) is 59.9 Å². The van der Waals surface area contributed by atoms with Crippen molar-refractivity contribution >= 4 is 17.5 Å². The highest BCUT2D eigenvalue weighted by atomic mass is 19.4. The minimum Gasteiger partial charge on any atom is -0.345 e. The molecule has 2 unspecified atom stereocenters. The smallest absolute Gasteiger partial charge is 0.345 e. The SMILES string of the molecule is CN(CCc1ccncc1)C(=O)C1CC1C(=O)Nc1cccc(C(F)(F)F)c1. The highest BCUT2D eigenvalue weighted by Gasteiger charge is 2.49. The van der Waals surface area contributed by atoms with Crippen LogP contribution >= 0.6 is 0 Å². The molecule has 148 valence electrons. The lowest BCUT2D eigenvalue weighted by Crippen LogP contribution is -2.31. The van der Waals surface area contributed by atoms with Crippen LogP contribution in [0.2, 0.25) is 0 Å². The van der Waals surface area contributed by atoms with Crippen molar-refractivity contribution in [1.82, 2.24) is 9.88 Å². The van der Waals surface area contributed by atoms with E-state index >= 15 is 0 Å². The lowest BCUT2D eigenvalue weighted by molar-refractivity contribution is -0.137. The zero-order valence-corrected chi connectivity index (χ0v) is 15.2. The van der Waals surface area contributed by atoms with Gasteiger partial charge >= 0.3 is 6.18 Å². The van der Waals surface area contributed by atoms with Crippen LogP contribution in [0.25, 0.3) is 0 Å². The van der Waals surface area contributed by atoms with Crippen LogP contribution in [0.5, 0.6) is 0 Å². The molecule has 0 bridgehead atoms. The minimum atomic E-state index is -4.48. The van der Waals surface area contributed by atoms with Gasteiger partial charge in [0.2, 0.25) is 11.8 Å². The van der Waals surface area contributed by atoms with Gasteiger partial charge in [-0.25, -0.2) is 0 Å². The van der Waals surface area contributed by atoms with Crippen molar-refractivity contribution in [2.24, 2.45) is 11.8 Å². The van der Waals surface area contributed by atoms with Crippen LogP contribution in [0, 0.1) is 11.8 Å². The first-order valence-corrected chi connectivity index (χ1v) is 8.87. The summed E-state index contributed by atoms with van der Waals surface area (Å²) in [7, 11) is 1.68. The highest BCUT2D eigenvalue weighted by Crippen LogP contribution is 2.41. The number of carbonyl (C=O) groups excluding carboxylic acids is 2. The summed E-state index contributed by atoms with van der Waals surface area (Å²) < 4.78 is 38.3. The summed E-state index contributed by atoms with van der Waals surface area (Å²) in [4.78, 5) is 30.3. The maximum absolute atomic E-state index is 12.8. The minimum absolute atomic E-state index is 0.0731. The third-order valence-corrected chi connectivity index (χ3v) is 4.76. The topological polar surface area (TPSA) is 62.3 Å². The summed E-state index contributed by atoms with van der Waals surface area (Å²) in [5.41, 5.74) is 0.304. The van der Waals surface area contributed by atoms with E-state index < -0.39 is 29.5 Å². The summed E-state index contributed by atoms with van der Waals surface area (Å²) >= 11 is 0. The Kier molecular flexibility index (Phi) is 5.67. The van der Waals surface area contributed by atoms with E-state index in [0.717, 1.165) is 17.7 Å². The number of amides is 2. The quantitative estimate of drug-likeness (QED) is 0.821. The fourth-order valence-electron chi connectivity index (χ4n) is 3.01. The molecule has 1 saturated carbocycles. The molecule has 1 N–H and O–H groups in total. The van der Waals surface area contributed by atoms with Crippen LogP contribution in [0.15, 0.2) is 48.8 Å². The summed E-state index contributed by atoms with van der Waals surface area (Å²) in [5, 5.41) is 2.48. The van der Waals surface area contributed by atoms with Gasteiger partial charge in [0.25, 0.3) is 0 Å². The van der Waals surface area contributed by atoms with Crippen LogP contribution in [0.4, 0.5) is 18.9 Å². The number of nitrogens with one attached hydrogen (secondary N) is 1. The molecule has 2 amide bonds. The molecule has 8 heteroatoms. The van der Waals surface area contributed by atoms with Gasteiger partial charge < -0.3 is 10.2 Å². The first kappa shape index (κ1) is 19.9. The van der Waals surface area contributed by atoms with Crippen molar-refractivity contribution < 1.29 is 22.8 Å². The van der Waals surface area contributed by atoms with E-state index in [1.165, 1.54) is 12.1 Å².